The van der Waals surface area contributed by atoms with Crippen molar-refractivity contribution in [2.24, 2.45) is 5.92 Å². The van der Waals surface area contributed by atoms with Crippen LogP contribution in [0.3, 0.4) is 0 Å². The van der Waals surface area contributed by atoms with Gasteiger partial charge in [0.1, 0.15) is 0 Å². The first-order chi connectivity index (χ1) is 6.01. The van der Waals surface area contributed by atoms with Gasteiger partial charge < -0.3 is 14.6 Å². The summed E-state index contributed by atoms with van der Waals surface area (Å²) in [4.78, 5) is 11.0. The molecule has 0 radical (unpaired) electrons. The summed E-state index contributed by atoms with van der Waals surface area (Å²) in [6.07, 6.45) is 0. The quantitative estimate of drug-likeness (QED) is 0.682. The van der Waals surface area contributed by atoms with E-state index in [9.17, 15) is 4.79 Å². The molecule has 0 aromatic carbocycles. The van der Waals surface area contributed by atoms with Gasteiger partial charge in [-0.3, -0.25) is 0 Å². The van der Waals surface area contributed by atoms with Crippen LogP contribution in [0.25, 0.3) is 0 Å². The monoisotopic (exact) mass is 190 g/mol. The molecule has 0 spiro atoms. The number of ether oxygens (including phenoxy) is 2. The molecule has 0 aromatic heterocycles. The molecule has 4 nitrogen and oxygen atoms in total. The van der Waals surface area contributed by atoms with Gasteiger partial charge in [-0.05, 0) is 12.8 Å². The highest BCUT2D eigenvalue weighted by molar-refractivity contribution is 5.78. The molecule has 0 rings (SSSR count). The second-order valence-corrected chi connectivity index (χ2v) is 3.22. The summed E-state index contributed by atoms with van der Waals surface area (Å²) in [6.45, 7) is 5.84. The van der Waals surface area contributed by atoms with Crippen molar-refractivity contribution in [3.63, 3.8) is 0 Å². The fourth-order valence-corrected chi connectivity index (χ4v) is 1.22. The van der Waals surface area contributed by atoms with E-state index in [4.69, 9.17) is 14.6 Å². The number of carboxylic acids is 1. The van der Waals surface area contributed by atoms with Crippen molar-refractivity contribution < 1.29 is 19.4 Å². The van der Waals surface area contributed by atoms with E-state index in [0.29, 0.717) is 6.61 Å². The Morgan fingerprint density at radius 2 is 2.08 bits per heavy atom. The molecular weight excluding hydrogens is 172 g/mol. The van der Waals surface area contributed by atoms with Gasteiger partial charge in [0.25, 0.3) is 0 Å². The highest BCUT2D eigenvalue weighted by Gasteiger charge is 2.42. The fourth-order valence-electron chi connectivity index (χ4n) is 1.22. The average molecular weight is 190 g/mol. The number of aliphatic carboxylic acids is 1. The van der Waals surface area contributed by atoms with Gasteiger partial charge in [-0.15, -0.1) is 0 Å². The molecule has 0 aliphatic carbocycles. The summed E-state index contributed by atoms with van der Waals surface area (Å²) in [7, 11) is 1.47. The van der Waals surface area contributed by atoms with Gasteiger partial charge in [0.2, 0.25) is 0 Å². The molecule has 0 saturated carbocycles. The fraction of sp³-hybridized carbons (Fsp3) is 0.889. The molecule has 4 heteroatoms. The standard InChI is InChI=1S/C9H18O4/c1-5-13-9(6-12-4,7(2)3)8(10)11/h7H,5-6H2,1-4H3,(H,10,11). The zero-order valence-corrected chi connectivity index (χ0v) is 8.66. The number of carbonyl (C=O) groups is 1. The molecule has 0 fully saturated rings. The van der Waals surface area contributed by atoms with Gasteiger partial charge in [-0.25, -0.2) is 4.79 Å². The van der Waals surface area contributed by atoms with Gasteiger partial charge in [0.15, 0.2) is 5.60 Å². The number of rotatable bonds is 6. The molecule has 0 bridgehead atoms. The van der Waals surface area contributed by atoms with Crippen molar-refractivity contribution >= 4 is 5.97 Å². The Kier molecular flexibility index (Phi) is 4.95. The number of carboxylic acid groups (broad SMARTS) is 1. The largest absolute Gasteiger partial charge is 0.479 e. The molecule has 78 valence electrons. The highest BCUT2D eigenvalue weighted by Crippen LogP contribution is 2.22. The summed E-state index contributed by atoms with van der Waals surface area (Å²) < 4.78 is 10.1. The predicted octanol–water partition coefficient (Wildman–Crippen LogP) is 1.15. The van der Waals surface area contributed by atoms with E-state index in [1.54, 1.807) is 6.92 Å². The first-order valence-corrected chi connectivity index (χ1v) is 4.37. The zero-order valence-electron chi connectivity index (χ0n) is 8.66. The Morgan fingerprint density at radius 3 is 2.31 bits per heavy atom. The predicted molar refractivity (Wildman–Crippen MR) is 48.7 cm³/mol. The molecule has 0 aliphatic rings. The van der Waals surface area contributed by atoms with Crippen LogP contribution in [0.2, 0.25) is 0 Å². The molecule has 1 atom stereocenters. The van der Waals surface area contributed by atoms with Crippen molar-refractivity contribution in [1.29, 1.82) is 0 Å². The maximum atomic E-state index is 11.0. The normalized spacial score (nSPS) is 15.8. The summed E-state index contributed by atoms with van der Waals surface area (Å²) in [5.41, 5.74) is -1.20. The number of hydrogen-bond acceptors (Lipinski definition) is 3. The molecule has 1 unspecified atom stereocenters. The second-order valence-electron chi connectivity index (χ2n) is 3.22. The van der Waals surface area contributed by atoms with Crippen LogP contribution < -0.4 is 0 Å². The van der Waals surface area contributed by atoms with Gasteiger partial charge in [-0.1, -0.05) is 13.8 Å². The maximum Gasteiger partial charge on any atom is 0.338 e. The Labute approximate surface area is 78.8 Å². The first kappa shape index (κ1) is 12.4. The number of hydrogen-bond donors (Lipinski definition) is 1. The Hall–Kier alpha value is -0.610. The Bertz CT molecular complexity index is 159. The lowest BCUT2D eigenvalue weighted by Gasteiger charge is -2.32. The summed E-state index contributed by atoms with van der Waals surface area (Å²) >= 11 is 0. The minimum atomic E-state index is -1.20. The minimum absolute atomic E-state index is 0.0772. The third kappa shape index (κ3) is 2.67. The van der Waals surface area contributed by atoms with Crippen molar-refractivity contribution in [2.75, 3.05) is 20.3 Å². The summed E-state index contributed by atoms with van der Waals surface area (Å²) in [6, 6.07) is 0. The minimum Gasteiger partial charge on any atom is -0.479 e. The van der Waals surface area contributed by atoms with E-state index < -0.39 is 11.6 Å². The molecule has 0 heterocycles. The van der Waals surface area contributed by atoms with Crippen LogP contribution in [-0.2, 0) is 14.3 Å². The van der Waals surface area contributed by atoms with Crippen LogP contribution >= 0.6 is 0 Å². The van der Waals surface area contributed by atoms with Crippen molar-refractivity contribution in [3.8, 4) is 0 Å². The van der Waals surface area contributed by atoms with Crippen LogP contribution in [-0.4, -0.2) is 37.0 Å². The molecule has 1 N–H and O–H groups in total. The first-order valence-electron chi connectivity index (χ1n) is 4.37. The smallest absolute Gasteiger partial charge is 0.338 e. The molecule has 0 aliphatic heterocycles. The van der Waals surface area contributed by atoms with Crippen LogP contribution in [0.4, 0.5) is 0 Å². The van der Waals surface area contributed by atoms with Gasteiger partial charge in [0.05, 0.1) is 6.61 Å². The van der Waals surface area contributed by atoms with Crippen molar-refractivity contribution in [1.82, 2.24) is 0 Å². The van der Waals surface area contributed by atoms with Crippen LogP contribution in [0.5, 0.6) is 0 Å². The third-order valence-electron chi connectivity index (χ3n) is 2.06. The van der Waals surface area contributed by atoms with E-state index in [1.165, 1.54) is 7.11 Å². The van der Waals surface area contributed by atoms with Crippen LogP contribution in [0.1, 0.15) is 20.8 Å². The van der Waals surface area contributed by atoms with Crippen molar-refractivity contribution in [2.45, 2.75) is 26.4 Å². The third-order valence-corrected chi connectivity index (χ3v) is 2.06. The van der Waals surface area contributed by atoms with Crippen molar-refractivity contribution in [3.05, 3.63) is 0 Å². The van der Waals surface area contributed by atoms with E-state index in [-0.39, 0.29) is 12.5 Å². The van der Waals surface area contributed by atoms with Crippen LogP contribution in [0, 0.1) is 5.92 Å². The molecule has 0 amide bonds. The van der Waals surface area contributed by atoms with E-state index in [1.807, 2.05) is 13.8 Å². The number of methoxy groups -OCH3 is 1. The lowest BCUT2D eigenvalue weighted by Crippen LogP contribution is -2.50. The molecule has 0 saturated heterocycles. The molecule has 0 aromatic rings. The molecule has 13 heavy (non-hydrogen) atoms. The molecular formula is C9H18O4. The second kappa shape index (κ2) is 5.19. The SMILES string of the molecule is CCOC(COC)(C(=O)O)C(C)C. The maximum absolute atomic E-state index is 11.0. The van der Waals surface area contributed by atoms with Gasteiger partial charge in [0, 0.05) is 13.7 Å². The summed E-state index contributed by atoms with van der Waals surface area (Å²) in [5, 5.41) is 9.05. The average Bonchev–Trinajstić information content (AvgIpc) is 2.03. The zero-order chi connectivity index (χ0) is 10.5. The Morgan fingerprint density at radius 1 is 1.54 bits per heavy atom. The van der Waals surface area contributed by atoms with E-state index in [2.05, 4.69) is 0 Å². The van der Waals surface area contributed by atoms with Crippen LogP contribution in [0.15, 0.2) is 0 Å². The topological polar surface area (TPSA) is 55.8 Å². The Balaban J connectivity index is 4.69. The lowest BCUT2D eigenvalue weighted by atomic mass is 9.91. The lowest BCUT2D eigenvalue weighted by molar-refractivity contribution is -0.181. The van der Waals surface area contributed by atoms with Gasteiger partial charge >= 0.3 is 5.97 Å². The highest BCUT2D eigenvalue weighted by atomic mass is 16.6. The summed E-state index contributed by atoms with van der Waals surface area (Å²) in [5.74, 6) is -1.09. The van der Waals surface area contributed by atoms with E-state index >= 15 is 0 Å². The van der Waals surface area contributed by atoms with E-state index in [0.717, 1.165) is 0 Å². The van der Waals surface area contributed by atoms with Gasteiger partial charge in [-0.2, -0.15) is 0 Å².